The van der Waals surface area contributed by atoms with Gasteiger partial charge in [-0.25, -0.2) is 0 Å². The molecule has 0 atom stereocenters. The van der Waals surface area contributed by atoms with Crippen molar-refractivity contribution in [3.05, 3.63) is 54.0 Å². The van der Waals surface area contributed by atoms with E-state index in [0.29, 0.717) is 18.5 Å². The van der Waals surface area contributed by atoms with Crippen LogP contribution in [0.25, 0.3) is 0 Å². The van der Waals surface area contributed by atoms with Crippen LogP contribution < -0.4 is 10.2 Å². The lowest BCUT2D eigenvalue weighted by atomic mass is 10.2. The molecule has 1 aliphatic rings. The Balaban J connectivity index is 1.60. The number of anilines is 1. The highest BCUT2D eigenvalue weighted by molar-refractivity contribution is 5.95. The van der Waals surface area contributed by atoms with Crippen molar-refractivity contribution in [1.82, 2.24) is 5.32 Å². The minimum atomic E-state index is -0.164. The first-order valence-electron chi connectivity index (χ1n) is 6.94. The Morgan fingerprint density at radius 1 is 1.24 bits per heavy atom. The van der Waals surface area contributed by atoms with Crippen LogP contribution in [0.1, 0.15) is 28.8 Å². The fourth-order valence-electron chi connectivity index (χ4n) is 2.39. The summed E-state index contributed by atoms with van der Waals surface area (Å²) in [6.45, 7) is 1.23. The number of hydrogen-bond donors (Lipinski definition) is 1. The van der Waals surface area contributed by atoms with Crippen molar-refractivity contribution in [3.8, 4) is 0 Å². The number of nitrogens with zero attached hydrogens (tertiary/aromatic N) is 1. The fourth-order valence-corrected chi connectivity index (χ4v) is 2.39. The first-order valence-corrected chi connectivity index (χ1v) is 6.94. The highest BCUT2D eigenvalue weighted by atomic mass is 16.3. The molecule has 1 N–H and O–H groups in total. The summed E-state index contributed by atoms with van der Waals surface area (Å²) in [4.78, 5) is 25.2. The maximum atomic E-state index is 11.8. The second-order valence-corrected chi connectivity index (χ2v) is 5.01. The number of carbonyl (C=O) groups is 2. The smallest absolute Gasteiger partial charge is 0.254 e. The van der Waals surface area contributed by atoms with Gasteiger partial charge in [0.25, 0.3) is 5.91 Å². The molecule has 3 rings (SSSR count). The van der Waals surface area contributed by atoms with Crippen LogP contribution >= 0.6 is 0 Å². The first-order chi connectivity index (χ1) is 10.2. The van der Waals surface area contributed by atoms with Gasteiger partial charge in [0.2, 0.25) is 5.91 Å². The third kappa shape index (κ3) is 2.97. The summed E-state index contributed by atoms with van der Waals surface area (Å²) in [7, 11) is 0. The summed E-state index contributed by atoms with van der Waals surface area (Å²) in [5, 5.41) is 2.82. The van der Waals surface area contributed by atoms with Crippen molar-refractivity contribution in [2.45, 2.75) is 19.4 Å². The summed E-state index contributed by atoms with van der Waals surface area (Å²) in [5.74, 6) is 0.0126. The minimum Gasteiger partial charge on any atom is -0.472 e. The Labute approximate surface area is 122 Å². The van der Waals surface area contributed by atoms with E-state index in [1.165, 1.54) is 12.5 Å². The van der Waals surface area contributed by atoms with E-state index in [1.807, 2.05) is 24.3 Å². The lowest BCUT2D eigenvalue weighted by molar-refractivity contribution is -0.117. The molecular formula is C16H16N2O3. The second-order valence-electron chi connectivity index (χ2n) is 5.01. The van der Waals surface area contributed by atoms with Gasteiger partial charge in [0.15, 0.2) is 0 Å². The number of nitrogens with one attached hydrogen (secondary N) is 1. The summed E-state index contributed by atoms with van der Waals surface area (Å²) in [6, 6.07) is 9.32. The number of carbonyl (C=O) groups excluding carboxylic acids is 2. The van der Waals surface area contributed by atoms with E-state index in [2.05, 4.69) is 5.32 Å². The van der Waals surface area contributed by atoms with Crippen molar-refractivity contribution in [2.75, 3.05) is 11.4 Å². The molecule has 2 aromatic rings. The Bertz CT molecular complexity index is 632. The van der Waals surface area contributed by atoms with E-state index in [9.17, 15) is 9.59 Å². The maximum absolute atomic E-state index is 11.8. The average Bonchev–Trinajstić information content (AvgIpc) is 3.17. The Hall–Kier alpha value is -2.56. The Morgan fingerprint density at radius 3 is 2.67 bits per heavy atom. The molecule has 0 aliphatic carbocycles. The van der Waals surface area contributed by atoms with Crippen molar-refractivity contribution in [2.24, 2.45) is 0 Å². The molecule has 2 heterocycles. The van der Waals surface area contributed by atoms with E-state index < -0.39 is 0 Å². The van der Waals surface area contributed by atoms with E-state index in [1.54, 1.807) is 11.0 Å². The topological polar surface area (TPSA) is 62.6 Å². The van der Waals surface area contributed by atoms with Crippen molar-refractivity contribution in [3.63, 3.8) is 0 Å². The van der Waals surface area contributed by atoms with E-state index in [0.717, 1.165) is 24.2 Å². The van der Waals surface area contributed by atoms with Gasteiger partial charge < -0.3 is 14.6 Å². The van der Waals surface area contributed by atoms with Gasteiger partial charge in [-0.1, -0.05) is 12.1 Å². The maximum Gasteiger partial charge on any atom is 0.254 e. The minimum absolute atomic E-state index is 0.164. The molecule has 1 aromatic carbocycles. The first kappa shape index (κ1) is 13.4. The quantitative estimate of drug-likeness (QED) is 0.937. The molecular weight excluding hydrogens is 268 g/mol. The molecule has 5 heteroatoms. The predicted molar refractivity (Wildman–Crippen MR) is 77.9 cm³/mol. The van der Waals surface area contributed by atoms with E-state index >= 15 is 0 Å². The number of benzene rings is 1. The standard InChI is InChI=1S/C16H16N2O3/c19-15-2-1-8-18(15)14-5-3-12(4-6-14)10-17-16(20)13-7-9-21-11-13/h3-7,9,11H,1-2,8,10H2,(H,17,20). The molecule has 1 fully saturated rings. The molecule has 1 aliphatic heterocycles. The van der Waals surface area contributed by atoms with Gasteiger partial charge in [-0.05, 0) is 30.2 Å². The van der Waals surface area contributed by atoms with Crippen LogP contribution in [-0.2, 0) is 11.3 Å². The third-order valence-electron chi connectivity index (χ3n) is 3.56. The van der Waals surface area contributed by atoms with Crippen LogP contribution in [0.5, 0.6) is 0 Å². The van der Waals surface area contributed by atoms with Gasteiger partial charge in [-0.2, -0.15) is 0 Å². The van der Waals surface area contributed by atoms with Crippen molar-refractivity contribution >= 4 is 17.5 Å². The van der Waals surface area contributed by atoms with E-state index in [4.69, 9.17) is 4.42 Å². The van der Waals surface area contributed by atoms with Gasteiger partial charge in [0.05, 0.1) is 11.8 Å². The molecule has 0 spiro atoms. The van der Waals surface area contributed by atoms with Crippen molar-refractivity contribution in [1.29, 1.82) is 0 Å². The lowest BCUT2D eigenvalue weighted by Gasteiger charge is -2.16. The normalized spacial score (nSPS) is 14.5. The molecule has 2 amide bonds. The van der Waals surface area contributed by atoms with Crippen LogP contribution in [0.2, 0.25) is 0 Å². The lowest BCUT2D eigenvalue weighted by Crippen LogP contribution is -2.24. The zero-order chi connectivity index (χ0) is 14.7. The Kier molecular flexibility index (Phi) is 3.73. The number of amides is 2. The molecule has 0 saturated carbocycles. The average molecular weight is 284 g/mol. The van der Waals surface area contributed by atoms with Gasteiger partial charge in [-0.3, -0.25) is 9.59 Å². The number of rotatable bonds is 4. The largest absolute Gasteiger partial charge is 0.472 e. The highest BCUT2D eigenvalue weighted by Crippen LogP contribution is 2.21. The Morgan fingerprint density at radius 2 is 2.05 bits per heavy atom. The fraction of sp³-hybridized carbons (Fsp3) is 0.250. The number of hydrogen-bond acceptors (Lipinski definition) is 3. The monoisotopic (exact) mass is 284 g/mol. The summed E-state index contributed by atoms with van der Waals surface area (Å²) < 4.78 is 4.87. The van der Waals surface area contributed by atoms with E-state index in [-0.39, 0.29) is 11.8 Å². The molecule has 1 saturated heterocycles. The molecule has 0 bridgehead atoms. The SMILES string of the molecule is O=C(NCc1ccc(N2CCCC2=O)cc1)c1ccoc1. The highest BCUT2D eigenvalue weighted by Gasteiger charge is 2.21. The summed E-state index contributed by atoms with van der Waals surface area (Å²) >= 11 is 0. The van der Waals surface area contributed by atoms with Gasteiger partial charge in [0, 0.05) is 25.2 Å². The second kappa shape index (κ2) is 5.83. The number of furan rings is 1. The van der Waals surface area contributed by atoms with Gasteiger partial charge >= 0.3 is 0 Å². The zero-order valence-corrected chi connectivity index (χ0v) is 11.5. The molecule has 0 radical (unpaired) electrons. The molecule has 21 heavy (non-hydrogen) atoms. The molecule has 0 unspecified atom stereocenters. The summed E-state index contributed by atoms with van der Waals surface area (Å²) in [6.07, 6.45) is 4.43. The zero-order valence-electron chi connectivity index (χ0n) is 11.5. The predicted octanol–water partition coefficient (Wildman–Crippen LogP) is 2.34. The van der Waals surface area contributed by atoms with Crippen LogP contribution in [0.4, 0.5) is 5.69 Å². The van der Waals surface area contributed by atoms with Crippen LogP contribution in [0.3, 0.4) is 0 Å². The molecule has 5 nitrogen and oxygen atoms in total. The van der Waals surface area contributed by atoms with Crippen LogP contribution in [0, 0.1) is 0 Å². The van der Waals surface area contributed by atoms with Crippen LogP contribution in [-0.4, -0.2) is 18.4 Å². The van der Waals surface area contributed by atoms with Gasteiger partial charge in [-0.15, -0.1) is 0 Å². The molecule has 1 aromatic heterocycles. The van der Waals surface area contributed by atoms with Crippen LogP contribution in [0.15, 0.2) is 47.3 Å². The molecule has 108 valence electrons. The van der Waals surface area contributed by atoms with Crippen molar-refractivity contribution < 1.29 is 14.0 Å². The van der Waals surface area contributed by atoms with Gasteiger partial charge in [0.1, 0.15) is 6.26 Å². The summed E-state index contributed by atoms with van der Waals surface area (Å²) in [5.41, 5.74) is 2.42. The third-order valence-corrected chi connectivity index (χ3v) is 3.56.